The van der Waals surface area contributed by atoms with Crippen LogP contribution in [0.5, 0.6) is 0 Å². The lowest BCUT2D eigenvalue weighted by Crippen LogP contribution is -2.27. The second-order valence-corrected chi connectivity index (χ2v) is 9.00. The summed E-state index contributed by atoms with van der Waals surface area (Å²) in [6, 6.07) is 0.754. The van der Waals surface area contributed by atoms with Crippen LogP contribution in [0.4, 0.5) is 0 Å². The van der Waals surface area contributed by atoms with Crippen LogP contribution in [-0.2, 0) is 4.79 Å². The monoisotopic (exact) mass is 397 g/mol. The molecule has 1 atom stereocenters. The summed E-state index contributed by atoms with van der Waals surface area (Å²) >= 11 is 0. The first-order chi connectivity index (χ1) is 13.6. The van der Waals surface area contributed by atoms with Crippen molar-refractivity contribution in [2.75, 3.05) is 14.1 Å². The molecule has 3 nitrogen and oxygen atoms in total. The van der Waals surface area contributed by atoms with Gasteiger partial charge < -0.3 is 10.0 Å². The first-order valence-electron chi connectivity index (χ1n) is 12.5. The molecule has 0 aromatic carbocycles. The molecule has 28 heavy (non-hydrogen) atoms. The molecule has 1 unspecified atom stereocenters. The molecule has 0 aliphatic rings. The number of carbonyl (C=O) groups is 1. The second-order valence-electron chi connectivity index (χ2n) is 9.00. The number of nitrogens with zero attached hydrogens (tertiary/aromatic N) is 1. The third kappa shape index (κ3) is 20.2. The van der Waals surface area contributed by atoms with Crippen molar-refractivity contribution in [1.82, 2.24) is 4.90 Å². The maximum Gasteiger partial charge on any atom is 0.303 e. The van der Waals surface area contributed by atoms with Crippen molar-refractivity contribution in [2.45, 2.75) is 141 Å². The zero-order chi connectivity index (χ0) is 20.9. The predicted molar refractivity (Wildman–Crippen MR) is 123 cm³/mol. The molecule has 0 spiro atoms. The Hall–Kier alpha value is -0.570. The summed E-state index contributed by atoms with van der Waals surface area (Å²) in [5, 5.41) is 8.63. The van der Waals surface area contributed by atoms with E-state index in [1.54, 1.807) is 0 Å². The molecule has 0 aromatic heterocycles. The highest BCUT2D eigenvalue weighted by atomic mass is 16.4. The molecule has 0 aliphatic carbocycles. The second kappa shape index (κ2) is 21.1. The normalized spacial score (nSPS) is 12.6. The van der Waals surface area contributed by atoms with Crippen LogP contribution in [0.25, 0.3) is 0 Å². The maximum atomic E-state index is 10.5. The van der Waals surface area contributed by atoms with E-state index in [1.165, 1.54) is 109 Å². The van der Waals surface area contributed by atoms with Gasteiger partial charge >= 0.3 is 5.97 Å². The van der Waals surface area contributed by atoms with Gasteiger partial charge in [0.05, 0.1) is 0 Å². The molecule has 3 heteroatoms. The Bertz CT molecular complexity index is 331. The van der Waals surface area contributed by atoms with Gasteiger partial charge in [0.25, 0.3) is 0 Å². The fourth-order valence-electron chi connectivity index (χ4n) is 4.07. The van der Waals surface area contributed by atoms with Gasteiger partial charge in [0.1, 0.15) is 0 Å². The summed E-state index contributed by atoms with van der Waals surface area (Å²) in [6.07, 6.45) is 25.6. The predicted octanol–water partition coefficient (Wildman–Crippen LogP) is 7.82. The van der Waals surface area contributed by atoms with E-state index in [4.69, 9.17) is 5.11 Å². The first-order valence-corrected chi connectivity index (χ1v) is 12.5. The van der Waals surface area contributed by atoms with Gasteiger partial charge in [0, 0.05) is 12.5 Å². The standard InChI is InChI=1S/C25H51NO2/c1-4-5-6-7-8-9-10-12-15-18-21-24(26(2)3)22-19-16-13-11-14-17-20-23-25(27)28/h24H,4-23H2,1-3H3,(H,27,28). The van der Waals surface area contributed by atoms with Crippen molar-refractivity contribution in [3.63, 3.8) is 0 Å². The quantitative estimate of drug-likeness (QED) is 0.189. The summed E-state index contributed by atoms with van der Waals surface area (Å²) in [5.74, 6) is -0.655. The number of carboxylic acids is 1. The molecule has 0 aromatic rings. The molecule has 0 fully saturated rings. The van der Waals surface area contributed by atoms with Crippen LogP contribution in [0, 0.1) is 0 Å². The highest BCUT2D eigenvalue weighted by molar-refractivity contribution is 5.66. The van der Waals surface area contributed by atoms with Crippen molar-refractivity contribution in [3.8, 4) is 0 Å². The van der Waals surface area contributed by atoms with Crippen LogP contribution >= 0.6 is 0 Å². The van der Waals surface area contributed by atoms with Gasteiger partial charge in [-0.1, -0.05) is 110 Å². The minimum atomic E-state index is -0.655. The molecular formula is C25H51NO2. The van der Waals surface area contributed by atoms with Gasteiger partial charge in [-0.3, -0.25) is 4.79 Å². The zero-order valence-corrected chi connectivity index (χ0v) is 19.5. The average Bonchev–Trinajstić information content (AvgIpc) is 2.65. The molecule has 168 valence electrons. The van der Waals surface area contributed by atoms with Crippen LogP contribution in [0.3, 0.4) is 0 Å². The van der Waals surface area contributed by atoms with Gasteiger partial charge in [-0.25, -0.2) is 0 Å². The highest BCUT2D eigenvalue weighted by Gasteiger charge is 2.10. The van der Waals surface area contributed by atoms with E-state index in [2.05, 4.69) is 25.9 Å². The van der Waals surface area contributed by atoms with Crippen LogP contribution in [0.15, 0.2) is 0 Å². The third-order valence-electron chi connectivity index (χ3n) is 6.05. The molecule has 0 radical (unpaired) electrons. The first kappa shape index (κ1) is 27.4. The van der Waals surface area contributed by atoms with Crippen molar-refractivity contribution in [3.05, 3.63) is 0 Å². The fraction of sp³-hybridized carbons (Fsp3) is 0.960. The van der Waals surface area contributed by atoms with Gasteiger partial charge in [0.2, 0.25) is 0 Å². The molecule has 0 rings (SSSR count). The summed E-state index contributed by atoms with van der Waals surface area (Å²) in [6.45, 7) is 2.29. The van der Waals surface area contributed by atoms with Crippen molar-refractivity contribution < 1.29 is 9.90 Å². The van der Waals surface area contributed by atoms with E-state index < -0.39 is 5.97 Å². The summed E-state index contributed by atoms with van der Waals surface area (Å²) < 4.78 is 0. The van der Waals surface area contributed by atoms with Crippen molar-refractivity contribution >= 4 is 5.97 Å². The summed E-state index contributed by atoms with van der Waals surface area (Å²) in [5.41, 5.74) is 0. The fourth-order valence-corrected chi connectivity index (χ4v) is 4.07. The van der Waals surface area contributed by atoms with E-state index >= 15 is 0 Å². The number of hydrogen-bond donors (Lipinski definition) is 1. The largest absolute Gasteiger partial charge is 0.481 e. The van der Waals surface area contributed by atoms with Gasteiger partial charge in [0.15, 0.2) is 0 Å². The third-order valence-corrected chi connectivity index (χ3v) is 6.05. The Morgan fingerprint density at radius 3 is 1.36 bits per heavy atom. The lowest BCUT2D eigenvalue weighted by atomic mass is 9.99. The van der Waals surface area contributed by atoms with E-state index in [0.717, 1.165) is 18.9 Å². The molecule has 0 saturated heterocycles. The lowest BCUT2D eigenvalue weighted by molar-refractivity contribution is -0.137. The van der Waals surface area contributed by atoms with Crippen molar-refractivity contribution in [2.24, 2.45) is 0 Å². The van der Waals surface area contributed by atoms with Gasteiger partial charge in [-0.15, -0.1) is 0 Å². The van der Waals surface area contributed by atoms with Crippen LogP contribution in [0.2, 0.25) is 0 Å². The van der Waals surface area contributed by atoms with Gasteiger partial charge in [-0.2, -0.15) is 0 Å². The number of hydrogen-bond acceptors (Lipinski definition) is 2. The Labute approximate surface area is 176 Å². The van der Waals surface area contributed by atoms with Crippen LogP contribution < -0.4 is 0 Å². The van der Waals surface area contributed by atoms with E-state index in [1.807, 2.05) is 0 Å². The number of rotatable bonds is 22. The van der Waals surface area contributed by atoms with E-state index in [9.17, 15) is 4.79 Å². The number of aliphatic carboxylic acids is 1. The molecule has 1 N–H and O–H groups in total. The van der Waals surface area contributed by atoms with Gasteiger partial charge in [-0.05, 0) is 33.4 Å². The molecule has 0 bridgehead atoms. The molecule has 0 saturated carbocycles. The van der Waals surface area contributed by atoms with Crippen LogP contribution in [0.1, 0.15) is 135 Å². The smallest absolute Gasteiger partial charge is 0.303 e. The maximum absolute atomic E-state index is 10.5. The summed E-state index contributed by atoms with van der Waals surface area (Å²) in [4.78, 5) is 12.9. The molecule has 0 aliphatic heterocycles. The number of unbranched alkanes of at least 4 members (excludes halogenated alkanes) is 15. The topological polar surface area (TPSA) is 40.5 Å². The Morgan fingerprint density at radius 2 is 1.00 bits per heavy atom. The van der Waals surface area contributed by atoms with Crippen molar-refractivity contribution in [1.29, 1.82) is 0 Å². The molecule has 0 heterocycles. The Balaban J connectivity index is 3.47. The molecular weight excluding hydrogens is 346 g/mol. The minimum absolute atomic E-state index is 0.337. The van der Waals surface area contributed by atoms with Crippen LogP contribution in [-0.4, -0.2) is 36.1 Å². The van der Waals surface area contributed by atoms with E-state index in [0.29, 0.717) is 6.42 Å². The van der Waals surface area contributed by atoms with E-state index in [-0.39, 0.29) is 0 Å². The Kier molecular flexibility index (Phi) is 20.7. The SMILES string of the molecule is CCCCCCCCCCCCC(CCCCCCCCCC(=O)O)N(C)C. The summed E-state index contributed by atoms with van der Waals surface area (Å²) in [7, 11) is 4.48. The Morgan fingerprint density at radius 1 is 0.643 bits per heavy atom. The lowest BCUT2D eigenvalue weighted by Gasteiger charge is -2.24. The zero-order valence-electron chi connectivity index (χ0n) is 19.5. The highest BCUT2D eigenvalue weighted by Crippen LogP contribution is 2.17. The average molecular weight is 398 g/mol. The minimum Gasteiger partial charge on any atom is -0.481 e. The number of carboxylic acid groups (broad SMARTS) is 1. The molecule has 0 amide bonds.